The van der Waals surface area contributed by atoms with Crippen molar-refractivity contribution in [2.45, 2.75) is 26.7 Å². The molecule has 24 heavy (non-hydrogen) atoms. The van der Waals surface area contributed by atoms with Crippen molar-refractivity contribution in [3.63, 3.8) is 0 Å². The van der Waals surface area contributed by atoms with Crippen LogP contribution in [0.3, 0.4) is 0 Å². The number of nitrogens with one attached hydrogen (secondary N) is 2. The number of hydrogen-bond acceptors (Lipinski definition) is 3. The van der Waals surface area contributed by atoms with Crippen LogP contribution < -0.4 is 10.6 Å². The van der Waals surface area contributed by atoms with E-state index in [0.717, 1.165) is 43.1 Å². The van der Waals surface area contributed by atoms with Gasteiger partial charge in [-0.2, -0.15) is 0 Å². The normalized spacial score (nSPS) is 11.0. The maximum absolute atomic E-state index is 12.9. The highest BCUT2D eigenvalue weighted by atomic mass is 127. The summed E-state index contributed by atoms with van der Waals surface area (Å²) in [6, 6.07) is 6.11. The van der Waals surface area contributed by atoms with Gasteiger partial charge in [0.1, 0.15) is 12.1 Å². The number of halogens is 2. The van der Waals surface area contributed by atoms with Crippen LogP contribution in [0, 0.1) is 5.82 Å². The Morgan fingerprint density at radius 2 is 1.96 bits per heavy atom. The van der Waals surface area contributed by atoms with E-state index in [1.165, 1.54) is 12.1 Å². The van der Waals surface area contributed by atoms with Gasteiger partial charge >= 0.3 is 0 Å². The maximum atomic E-state index is 12.9. The fourth-order valence-corrected chi connectivity index (χ4v) is 2.02. The molecule has 0 spiro atoms. The van der Waals surface area contributed by atoms with Gasteiger partial charge in [-0.15, -0.1) is 24.0 Å². The summed E-state index contributed by atoms with van der Waals surface area (Å²) in [6.45, 7) is 6.47. The van der Waals surface area contributed by atoms with Gasteiger partial charge in [0.05, 0.1) is 5.69 Å². The molecule has 0 amide bonds. The van der Waals surface area contributed by atoms with Crippen molar-refractivity contribution in [2.75, 3.05) is 19.6 Å². The van der Waals surface area contributed by atoms with Crippen molar-refractivity contribution in [3.8, 4) is 11.5 Å². The van der Waals surface area contributed by atoms with Gasteiger partial charge in [-0.3, -0.25) is 4.99 Å². The SMILES string of the molecule is CCCN=C(NCC)NCCc1coc(-c2ccc(F)cc2)n1.I. The second-order valence-corrected chi connectivity index (χ2v) is 5.09. The Morgan fingerprint density at radius 1 is 1.21 bits per heavy atom. The standard InChI is InChI=1S/C17H23FN4O.HI/c1-3-10-20-17(19-4-2)21-11-9-15-12-23-16(22-15)13-5-7-14(18)8-6-13;/h5-8,12H,3-4,9-11H2,1-2H3,(H2,19,20,21);1H. The molecule has 0 saturated heterocycles. The molecule has 1 heterocycles. The molecular formula is C17H24FIN4O. The Hall–Kier alpha value is -1.64. The van der Waals surface area contributed by atoms with Crippen molar-refractivity contribution >= 4 is 29.9 Å². The number of aromatic nitrogens is 1. The molecule has 0 fully saturated rings. The van der Waals surface area contributed by atoms with Crippen LogP contribution in [-0.2, 0) is 6.42 Å². The molecule has 0 saturated carbocycles. The molecule has 0 unspecified atom stereocenters. The molecule has 5 nitrogen and oxygen atoms in total. The third kappa shape index (κ3) is 6.46. The first kappa shape index (κ1) is 20.4. The van der Waals surface area contributed by atoms with Crippen LogP contribution in [0.2, 0.25) is 0 Å². The van der Waals surface area contributed by atoms with Gasteiger partial charge in [-0.25, -0.2) is 9.37 Å². The number of aliphatic imine (C=N–C) groups is 1. The number of rotatable bonds is 7. The van der Waals surface area contributed by atoms with Crippen LogP contribution in [0.5, 0.6) is 0 Å². The fourth-order valence-electron chi connectivity index (χ4n) is 2.02. The summed E-state index contributed by atoms with van der Waals surface area (Å²) in [5, 5.41) is 6.47. The molecular weight excluding hydrogens is 422 g/mol. The summed E-state index contributed by atoms with van der Waals surface area (Å²) < 4.78 is 18.4. The Balaban J connectivity index is 0.00000288. The number of hydrogen-bond donors (Lipinski definition) is 2. The monoisotopic (exact) mass is 446 g/mol. The highest BCUT2D eigenvalue weighted by Gasteiger charge is 2.07. The molecule has 1 aromatic carbocycles. The minimum Gasteiger partial charge on any atom is -0.444 e. The summed E-state index contributed by atoms with van der Waals surface area (Å²) in [5.41, 5.74) is 1.62. The Morgan fingerprint density at radius 3 is 2.62 bits per heavy atom. The number of benzene rings is 1. The van der Waals surface area contributed by atoms with E-state index in [9.17, 15) is 4.39 Å². The molecule has 2 rings (SSSR count). The molecule has 132 valence electrons. The van der Waals surface area contributed by atoms with E-state index in [0.29, 0.717) is 12.4 Å². The highest BCUT2D eigenvalue weighted by Crippen LogP contribution is 2.18. The smallest absolute Gasteiger partial charge is 0.226 e. The molecule has 0 aliphatic rings. The fraction of sp³-hybridized carbons (Fsp3) is 0.412. The largest absolute Gasteiger partial charge is 0.444 e. The van der Waals surface area contributed by atoms with Gasteiger partial charge < -0.3 is 15.1 Å². The van der Waals surface area contributed by atoms with Crippen molar-refractivity contribution < 1.29 is 8.81 Å². The minimum atomic E-state index is -0.271. The molecule has 1 aromatic heterocycles. The first-order chi connectivity index (χ1) is 11.2. The van der Waals surface area contributed by atoms with Gasteiger partial charge in [0.25, 0.3) is 0 Å². The zero-order valence-electron chi connectivity index (χ0n) is 14.0. The van der Waals surface area contributed by atoms with E-state index in [4.69, 9.17) is 4.42 Å². The third-order valence-corrected chi connectivity index (χ3v) is 3.15. The first-order valence-electron chi connectivity index (χ1n) is 7.95. The second-order valence-electron chi connectivity index (χ2n) is 5.09. The number of oxazole rings is 1. The average Bonchev–Trinajstić information content (AvgIpc) is 3.02. The Bertz CT molecular complexity index is 628. The lowest BCUT2D eigenvalue weighted by Crippen LogP contribution is -2.38. The van der Waals surface area contributed by atoms with Crippen molar-refractivity contribution in [1.29, 1.82) is 0 Å². The summed E-state index contributed by atoms with van der Waals surface area (Å²) in [6.07, 6.45) is 3.37. The predicted octanol–water partition coefficient (Wildman–Crippen LogP) is 3.61. The van der Waals surface area contributed by atoms with Crippen molar-refractivity contribution in [2.24, 2.45) is 4.99 Å². The van der Waals surface area contributed by atoms with E-state index in [1.807, 2.05) is 6.92 Å². The van der Waals surface area contributed by atoms with Crippen molar-refractivity contribution in [1.82, 2.24) is 15.6 Å². The van der Waals surface area contributed by atoms with Crippen LogP contribution in [0.4, 0.5) is 4.39 Å². The second kappa shape index (κ2) is 11.0. The lowest BCUT2D eigenvalue weighted by molar-refractivity contribution is 0.571. The van der Waals surface area contributed by atoms with Crippen LogP contribution >= 0.6 is 24.0 Å². The molecule has 0 radical (unpaired) electrons. The highest BCUT2D eigenvalue weighted by molar-refractivity contribution is 14.0. The topological polar surface area (TPSA) is 62.5 Å². The van der Waals surface area contributed by atoms with Gasteiger partial charge in [-0.05, 0) is 37.6 Å². The van der Waals surface area contributed by atoms with E-state index in [2.05, 4.69) is 27.5 Å². The molecule has 0 aliphatic heterocycles. The summed E-state index contributed by atoms with van der Waals surface area (Å²) in [7, 11) is 0. The van der Waals surface area contributed by atoms with Gasteiger partial charge in [0.15, 0.2) is 5.96 Å². The van der Waals surface area contributed by atoms with Crippen LogP contribution in [-0.4, -0.2) is 30.6 Å². The lowest BCUT2D eigenvalue weighted by Gasteiger charge is -2.10. The van der Waals surface area contributed by atoms with Crippen LogP contribution in [0.25, 0.3) is 11.5 Å². The van der Waals surface area contributed by atoms with Crippen molar-refractivity contribution in [3.05, 3.63) is 42.0 Å². The average molecular weight is 446 g/mol. The first-order valence-corrected chi connectivity index (χ1v) is 7.95. The number of nitrogens with zero attached hydrogens (tertiary/aromatic N) is 2. The summed E-state index contributed by atoms with van der Waals surface area (Å²) >= 11 is 0. The van der Waals surface area contributed by atoms with E-state index >= 15 is 0 Å². The zero-order valence-corrected chi connectivity index (χ0v) is 16.3. The van der Waals surface area contributed by atoms with Crippen LogP contribution in [0.15, 0.2) is 39.9 Å². The third-order valence-electron chi connectivity index (χ3n) is 3.15. The maximum Gasteiger partial charge on any atom is 0.226 e. The Labute approximate surface area is 159 Å². The lowest BCUT2D eigenvalue weighted by atomic mass is 10.2. The Kier molecular flexibility index (Phi) is 9.36. The number of guanidine groups is 1. The molecule has 7 heteroatoms. The predicted molar refractivity (Wildman–Crippen MR) is 105 cm³/mol. The summed E-state index contributed by atoms with van der Waals surface area (Å²) in [5.74, 6) is 1.05. The molecule has 0 aliphatic carbocycles. The van der Waals surface area contributed by atoms with Crippen LogP contribution in [0.1, 0.15) is 26.0 Å². The van der Waals surface area contributed by atoms with Gasteiger partial charge in [0.2, 0.25) is 5.89 Å². The minimum absolute atomic E-state index is 0. The van der Waals surface area contributed by atoms with E-state index in [1.54, 1.807) is 18.4 Å². The van der Waals surface area contributed by atoms with E-state index < -0.39 is 0 Å². The summed E-state index contributed by atoms with van der Waals surface area (Å²) in [4.78, 5) is 8.87. The van der Waals surface area contributed by atoms with E-state index in [-0.39, 0.29) is 29.8 Å². The zero-order chi connectivity index (χ0) is 16.5. The van der Waals surface area contributed by atoms with Gasteiger partial charge in [0, 0.05) is 31.6 Å². The quantitative estimate of drug-likeness (QED) is 0.388. The van der Waals surface area contributed by atoms with Gasteiger partial charge in [-0.1, -0.05) is 6.92 Å². The molecule has 0 bridgehead atoms. The molecule has 2 N–H and O–H groups in total. The molecule has 0 atom stereocenters. The molecule has 2 aromatic rings.